The molecule has 0 spiro atoms. The van der Waals surface area contributed by atoms with Gasteiger partial charge in [0.1, 0.15) is 5.82 Å². The quantitative estimate of drug-likeness (QED) is 0.900. The van der Waals surface area contributed by atoms with Crippen LogP contribution in [0.3, 0.4) is 0 Å². The Labute approximate surface area is 103 Å². The van der Waals surface area contributed by atoms with E-state index in [1.54, 1.807) is 24.5 Å². The van der Waals surface area contributed by atoms with Crippen molar-refractivity contribution in [3.05, 3.63) is 35.5 Å². The number of hydrogen-bond acceptors (Lipinski definition) is 5. The summed E-state index contributed by atoms with van der Waals surface area (Å²) in [4.78, 5) is 21.8. The lowest BCUT2D eigenvalue weighted by atomic mass is 10.2. The number of aromatic nitrogens is 2. The molecule has 17 heavy (non-hydrogen) atoms. The molecular formula is C11H12N4OS. The lowest BCUT2D eigenvalue weighted by molar-refractivity contribution is 0.102. The van der Waals surface area contributed by atoms with Crippen molar-refractivity contribution in [3.63, 3.8) is 0 Å². The average Bonchev–Trinajstić information content (AvgIpc) is 2.82. The molecule has 2 rings (SSSR count). The van der Waals surface area contributed by atoms with E-state index < -0.39 is 0 Å². The van der Waals surface area contributed by atoms with Crippen LogP contribution >= 0.6 is 11.3 Å². The van der Waals surface area contributed by atoms with Crippen molar-refractivity contribution >= 4 is 28.2 Å². The normalized spacial score (nSPS) is 10.0. The Morgan fingerprint density at radius 2 is 2.18 bits per heavy atom. The van der Waals surface area contributed by atoms with Gasteiger partial charge in [0.2, 0.25) is 0 Å². The predicted molar refractivity (Wildman–Crippen MR) is 68.6 cm³/mol. The topological polar surface area (TPSA) is 58.1 Å². The van der Waals surface area contributed by atoms with Crippen molar-refractivity contribution < 1.29 is 4.79 Å². The SMILES string of the molecule is CN(C)c1ccc(C(=O)Nc2nccs2)cn1. The van der Waals surface area contributed by atoms with Crippen LogP contribution in [0.4, 0.5) is 10.9 Å². The van der Waals surface area contributed by atoms with Gasteiger partial charge < -0.3 is 4.90 Å². The fourth-order valence-corrected chi connectivity index (χ4v) is 1.76. The van der Waals surface area contributed by atoms with Crippen molar-refractivity contribution in [2.45, 2.75) is 0 Å². The highest BCUT2D eigenvalue weighted by molar-refractivity contribution is 7.13. The highest BCUT2D eigenvalue weighted by atomic mass is 32.1. The summed E-state index contributed by atoms with van der Waals surface area (Å²) >= 11 is 1.38. The van der Waals surface area contributed by atoms with Gasteiger partial charge in [-0.25, -0.2) is 9.97 Å². The maximum Gasteiger partial charge on any atom is 0.259 e. The Bertz CT molecular complexity index is 493. The summed E-state index contributed by atoms with van der Waals surface area (Å²) in [6.45, 7) is 0. The minimum Gasteiger partial charge on any atom is -0.363 e. The molecule has 1 N–H and O–H groups in total. The Hall–Kier alpha value is -1.95. The molecule has 0 aliphatic heterocycles. The Kier molecular flexibility index (Phi) is 3.34. The molecule has 5 nitrogen and oxygen atoms in total. The van der Waals surface area contributed by atoms with Crippen molar-refractivity contribution in [3.8, 4) is 0 Å². The number of carbonyl (C=O) groups is 1. The van der Waals surface area contributed by atoms with Gasteiger partial charge in [-0.15, -0.1) is 11.3 Å². The zero-order chi connectivity index (χ0) is 12.3. The molecule has 0 unspecified atom stereocenters. The summed E-state index contributed by atoms with van der Waals surface area (Å²) in [5, 5.41) is 5.10. The lowest BCUT2D eigenvalue weighted by Gasteiger charge is -2.10. The van der Waals surface area contributed by atoms with Crippen LogP contribution in [0.1, 0.15) is 10.4 Å². The molecule has 0 fully saturated rings. The van der Waals surface area contributed by atoms with E-state index in [-0.39, 0.29) is 5.91 Å². The fourth-order valence-electron chi connectivity index (χ4n) is 1.24. The second-order valence-corrected chi connectivity index (χ2v) is 4.49. The molecule has 6 heteroatoms. The first-order valence-electron chi connectivity index (χ1n) is 5.01. The van der Waals surface area contributed by atoms with E-state index in [9.17, 15) is 4.79 Å². The highest BCUT2D eigenvalue weighted by Crippen LogP contribution is 2.13. The Morgan fingerprint density at radius 3 is 2.71 bits per heavy atom. The lowest BCUT2D eigenvalue weighted by Crippen LogP contribution is -2.14. The predicted octanol–water partition coefficient (Wildman–Crippen LogP) is 1.86. The molecule has 0 saturated heterocycles. The van der Waals surface area contributed by atoms with E-state index in [0.717, 1.165) is 5.82 Å². The number of anilines is 2. The van der Waals surface area contributed by atoms with Crippen molar-refractivity contribution in [1.82, 2.24) is 9.97 Å². The Balaban J connectivity index is 2.09. The first-order valence-corrected chi connectivity index (χ1v) is 5.89. The molecule has 0 atom stereocenters. The maximum absolute atomic E-state index is 11.8. The summed E-state index contributed by atoms with van der Waals surface area (Å²) < 4.78 is 0. The zero-order valence-corrected chi connectivity index (χ0v) is 10.4. The van der Waals surface area contributed by atoms with Crippen LogP contribution < -0.4 is 10.2 Å². The number of nitrogens with zero attached hydrogens (tertiary/aromatic N) is 3. The third-order valence-electron chi connectivity index (χ3n) is 2.12. The van der Waals surface area contributed by atoms with E-state index in [1.807, 2.05) is 24.4 Å². The van der Waals surface area contributed by atoms with Gasteiger partial charge in [0.25, 0.3) is 5.91 Å². The number of pyridine rings is 1. The molecule has 0 bridgehead atoms. The van der Waals surface area contributed by atoms with Gasteiger partial charge in [-0.05, 0) is 12.1 Å². The fraction of sp³-hybridized carbons (Fsp3) is 0.182. The van der Waals surface area contributed by atoms with Gasteiger partial charge in [-0.1, -0.05) is 0 Å². The molecular weight excluding hydrogens is 236 g/mol. The number of amides is 1. The van der Waals surface area contributed by atoms with Gasteiger partial charge in [-0.3, -0.25) is 10.1 Å². The van der Waals surface area contributed by atoms with Crippen LogP contribution in [0, 0.1) is 0 Å². The molecule has 0 radical (unpaired) electrons. The van der Waals surface area contributed by atoms with Crippen molar-refractivity contribution in [2.24, 2.45) is 0 Å². The van der Waals surface area contributed by atoms with Crippen LogP contribution in [0.2, 0.25) is 0 Å². The Morgan fingerprint density at radius 1 is 1.35 bits per heavy atom. The van der Waals surface area contributed by atoms with Gasteiger partial charge >= 0.3 is 0 Å². The molecule has 0 aliphatic carbocycles. The smallest absolute Gasteiger partial charge is 0.259 e. The number of carbonyl (C=O) groups excluding carboxylic acids is 1. The van der Waals surface area contributed by atoms with Crippen molar-refractivity contribution in [1.29, 1.82) is 0 Å². The summed E-state index contributed by atoms with van der Waals surface area (Å²) in [6, 6.07) is 3.54. The molecule has 0 aromatic carbocycles. The number of rotatable bonds is 3. The first-order chi connectivity index (χ1) is 8.16. The number of nitrogens with one attached hydrogen (secondary N) is 1. The van der Waals surface area contributed by atoms with Crippen molar-refractivity contribution in [2.75, 3.05) is 24.3 Å². The second kappa shape index (κ2) is 4.92. The summed E-state index contributed by atoms with van der Waals surface area (Å²) in [7, 11) is 3.80. The summed E-state index contributed by atoms with van der Waals surface area (Å²) in [5.41, 5.74) is 0.519. The van der Waals surface area contributed by atoms with E-state index in [4.69, 9.17) is 0 Å². The standard InChI is InChI=1S/C11H12N4OS/c1-15(2)9-4-3-8(7-13-9)10(16)14-11-12-5-6-17-11/h3-7H,1-2H3,(H,12,14,16). The minimum absolute atomic E-state index is 0.197. The largest absolute Gasteiger partial charge is 0.363 e. The highest BCUT2D eigenvalue weighted by Gasteiger charge is 2.08. The van der Waals surface area contributed by atoms with E-state index >= 15 is 0 Å². The number of thiazole rings is 1. The molecule has 2 aromatic rings. The molecule has 0 saturated carbocycles. The molecule has 2 heterocycles. The average molecular weight is 248 g/mol. The number of hydrogen-bond donors (Lipinski definition) is 1. The van der Waals surface area contributed by atoms with E-state index in [1.165, 1.54) is 11.3 Å². The maximum atomic E-state index is 11.8. The third kappa shape index (κ3) is 2.79. The van der Waals surface area contributed by atoms with Crippen LogP contribution in [0.15, 0.2) is 29.9 Å². The van der Waals surface area contributed by atoms with Crippen LogP contribution in [0.5, 0.6) is 0 Å². The van der Waals surface area contributed by atoms with E-state index in [2.05, 4.69) is 15.3 Å². The summed E-state index contributed by atoms with van der Waals surface area (Å²) in [5.74, 6) is 0.619. The third-order valence-corrected chi connectivity index (χ3v) is 2.81. The van der Waals surface area contributed by atoms with Crippen LogP contribution in [0.25, 0.3) is 0 Å². The van der Waals surface area contributed by atoms with Gasteiger partial charge in [-0.2, -0.15) is 0 Å². The zero-order valence-electron chi connectivity index (χ0n) is 9.54. The van der Waals surface area contributed by atoms with Crippen LogP contribution in [-0.2, 0) is 0 Å². The molecule has 1 amide bonds. The molecule has 0 aliphatic rings. The monoisotopic (exact) mass is 248 g/mol. The summed E-state index contributed by atoms with van der Waals surface area (Å²) in [6.07, 6.45) is 3.20. The van der Waals surface area contributed by atoms with Crippen LogP contribution in [-0.4, -0.2) is 30.0 Å². The first kappa shape index (κ1) is 11.5. The van der Waals surface area contributed by atoms with Gasteiger partial charge in [0.05, 0.1) is 5.56 Å². The van der Waals surface area contributed by atoms with Gasteiger partial charge in [0, 0.05) is 31.9 Å². The molecule has 88 valence electrons. The minimum atomic E-state index is -0.197. The van der Waals surface area contributed by atoms with E-state index in [0.29, 0.717) is 10.7 Å². The van der Waals surface area contributed by atoms with Gasteiger partial charge in [0.15, 0.2) is 5.13 Å². The second-order valence-electron chi connectivity index (χ2n) is 3.59. The molecule has 2 aromatic heterocycles.